The Kier molecular flexibility index (Phi) is 6.34. The summed E-state index contributed by atoms with van der Waals surface area (Å²) in [7, 11) is 6.92. The molecule has 1 amide bonds. The van der Waals surface area contributed by atoms with E-state index < -0.39 is 0 Å². The zero-order chi connectivity index (χ0) is 16.7. The van der Waals surface area contributed by atoms with Gasteiger partial charge in [-0.1, -0.05) is 0 Å². The van der Waals surface area contributed by atoms with Crippen molar-refractivity contribution in [3.63, 3.8) is 0 Å². The number of methoxy groups -OCH3 is 1. The van der Waals surface area contributed by atoms with Crippen molar-refractivity contribution >= 4 is 47.4 Å². The fourth-order valence-corrected chi connectivity index (χ4v) is 2.80. The van der Waals surface area contributed by atoms with Crippen LogP contribution in [-0.4, -0.2) is 34.2 Å². The zero-order valence-electron chi connectivity index (χ0n) is 14.4. The highest BCUT2D eigenvalue weighted by molar-refractivity contribution is 5.99. The van der Waals surface area contributed by atoms with Crippen LogP contribution in [0.4, 0.5) is 5.69 Å². The van der Waals surface area contributed by atoms with Gasteiger partial charge in [0.15, 0.2) is 11.6 Å². The summed E-state index contributed by atoms with van der Waals surface area (Å²) in [6, 6.07) is 5.59. The number of carbonyl (C=O) groups excluding carboxylic acids is 1. The standard InChI is InChI=1S/C16H19N5O2.2ClH/c1-18-16(22)10-8-20(2)13(14(10)23-4)15-19-11-7-9(17)5-6-12(11)21(15)3;;/h5-8H,17H2,1-4H3,(H,18,22);2*1H. The van der Waals surface area contributed by atoms with E-state index in [-0.39, 0.29) is 30.7 Å². The van der Waals surface area contributed by atoms with Crippen molar-refractivity contribution in [1.29, 1.82) is 0 Å². The van der Waals surface area contributed by atoms with Gasteiger partial charge in [-0.2, -0.15) is 0 Å². The van der Waals surface area contributed by atoms with Crippen molar-refractivity contribution in [3.8, 4) is 17.3 Å². The maximum atomic E-state index is 12.0. The lowest BCUT2D eigenvalue weighted by Gasteiger charge is -2.08. The Bertz CT molecular complexity index is 917. The first-order chi connectivity index (χ1) is 11.0. The number of nitrogens with two attached hydrogens (primary N) is 1. The molecule has 1 aromatic carbocycles. The number of imidazole rings is 1. The molecular formula is C16H21Cl2N5O2. The Morgan fingerprint density at radius 1 is 1.28 bits per heavy atom. The molecule has 0 aliphatic rings. The number of benzene rings is 1. The number of nitrogens with one attached hydrogen (secondary N) is 1. The summed E-state index contributed by atoms with van der Waals surface area (Å²) in [5.74, 6) is 1.00. The minimum Gasteiger partial charge on any atom is -0.494 e. The van der Waals surface area contributed by atoms with E-state index in [9.17, 15) is 4.79 Å². The smallest absolute Gasteiger partial charge is 0.256 e. The predicted molar refractivity (Wildman–Crippen MR) is 104 cm³/mol. The van der Waals surface area contributed by atoms with Crippen LogP contribution >= 0.6 is 24.8 Å². The number of ether oxygens (including phenoxy) is 1. The van der Waals surface area contributed by atoms with E-state index in [1.54, 1.807) is 20.4 Å². The minimum absolute atomic E-state index is 0. The van der Waals surface area contributed by atoms with Crippen LogP contribution in [0.5, 0.6) is 5.75 Å². The molecule has 0 bridgehead atoms. The highest BCUT2D eigenvalue weighted by atomic mass is 35.5. The number of nitrogen functional groups attached to an aromatic ring is 1. The van der Waals surface area contributed by atoms with Crippen LogP contribution in [0.2, 0.25) is 0 Å². The highest BCUT2D eigenvalue weighted by Crippen LogP contribution is 2.35. The second-order valence-electron chi connectivity index (χ2n) is 5.36. The molecule has 0 saturated heterocycles. The van der Waals surface area contributed by atoms with E-state index in [4.69, 9.17) is 10.5 Å². The lowest BCUT2D eigenvalue weighted by atomic mass is 10.2. The number of halogens is 2. The first-order valence-corrected chi connectivity index (χ1v) is 7.15. The molecule has 3 N–H and O–H groups in total. The number of aryl methyl sites for hydroxylation is 2. The number of anilines is 1. The summed E-state index contributed by atoms with van der Waals surface area (Å²) >= 11 is 0. The molecule has 0 saturated carbocycles. The molecule has 3 rings (SSSR count). The topological polar surface area (TPSA) is 87.1 Å². The van der Waals surface area contributed by atoms with Crippen molar-refractivity contribution < 1.29 is 9.53 Å². The van der Waals surface area contributed by atoms with Crippen LogP contribution < -0.4 is 15.8 Å². The number of fused-ring (bicyclic) bond motifs is 1. The van der Waals surface area contributed by atoms with Gasteiger partial charge in [-0.25, -0.2) is 4.98 Å². The molecule has 3 aromatic rings. The number of hydrogen-bond donors (Lipinski definition) is 2. The maximum Gasteiger partial charge on any atom is 0.256 e. The first-order valence-electron chi connectivity index (χ1n) is 7.15. The number of hydrogen-bond acceptors (Lipinski definition) is 4. The predicted octanol–water partition coefficient (Wildman–Crippen LogP) is 2.37. The van der Waals surface area contributed by atoms with Gasteiger partial charge < -0.3 is 24.9 Å². The summed E-state index contributed by atoms with van der Waals surface area (Å²) in [4.78, 5) is 16.7. The number of rotatable bonds is 3. The van der Waals surface area contributed by atoms with Gasteiger partial charge in [-0.05, 0) is 18.2 Å². The third kappa shape index (κ3) is 3.25. The van der Waals surface area contributed by atoms with Gasteiger partial charge in [-0.15, -0.1) is 24.8 Å². The second kappa shape index (κ2) is 7.67. The highest BCUT2D eigenvalue weighted by Gasteiger charge is 2.24. The third-order valence-corrected chi connectivity index (χ3v) is 3.93. The van der Waals surface area contributed by atoms with E-state index in [0.29, 0.717) is 22.8 Å². The molecule has 7 nitrogen and oxygen atoms in total. The Hall–Kier alpha value is -2.38. The summed E-state index contributed by atoms with van der Waals surface area (Å²) < 4.78 is 9.29. The molecule has 0 aliphatic heterocycles. The molecule has 0 spiro atoms. The summed E-state index contributed by atoms with van der Waals surface area (Å²) in [5.41, 5.74) is 9.46. The fraction of sp³-hybridized carbons (Fsp3) is 0.250. The molecule has 0 unspecified atom stereocenters. The molecule has 0 fully saturated rings. The molecule has 136 valence electrons. The zero-order valence-corrected chi connectivity index (χ0v) is 16.0. The Balaban J connectivity index is 0.00000156. The number of amides is 1. The summed E-state index contributed by atoms with van der Waals surface area (Å²) in [5, 5.41) is 2.62. The first kappa shape index (κ1) is 20.7. The molecule has 0 atom stereocenters. The average Bonchev–Trinajstić information content (AvgIpc) is 3.03. The van der Waals surface area contributed by atoms with E-state index in [0.717, 1.165) is 16.7 Å². The monoisotopic (exact) mass is 385 g/mol. The van der Waals surface area contributed by atoms with Gasteiger partial charge in [0.1, 0.15) is 5.69 Å². The maximum absolute atomic E-state index is 12.0. The summed E-state index contributed by atoms with van der Waals surface area (Å²) in [6.07, 6.45) is 1.74. The van der Waals surface area contributed by atoms with Crippen LogP contribution in [0.3, 0.4) is 0 Å². The summed E-state index contributed by atoms with van der Waals surface area (Å²) in [6.45, 7) is 0. The third-order valence-electron chi connectivity index (χ3n) is 3.93. The van der Waals surface area contributed by atoms with Gasteiger partial charge in [0.2, 0.25) is 0 Å². The average molecular weight is 386 g/mol. The van der Waals surface area contributed by atoms with Crippen molar-refractivity contribution in [1.82, 2.24) is 19.4 Å². The van der Waals surface area contributed by atoms with Gasteiger partial charge in [0.05, 0.1) is 23.7 Å². The van der Waals surface area contributed by atoms with Gasteiger partial charge in [-0.3, -0.25) is 4.79 Å². The molecule has 9 heteroatoms. The van der Waals surface area contributed by atoms with E-state index >= 15 is 0 Å². The van der Waals surface area contributed by atoms with Crippen molar-refractivity contribution in [3.05, 3.63) is 30.0 Å². The Morgan fingerprint density at radius 3 is 2.56 bits per heavy atom. The molecule has 25 heavy (non-hydrogen) atoms. The fourth-order valence-electron chi connectivity index (χ4n) is 2.80. The van der Waals surface area contributed by atoms with E-state index in [2.05, 4.69) is 10.3 Å². The quantitative estimate of drug-likeness (QED) is 0.677. The normalized spacial score (nSPS) is 10.1. The van der Waals surface area contributed by atoms with Gasteiger partial charge in [0, 0.05) is 33.0 Å². The lowest BCUT2D eigenvalue weighted by Crippen LogP contribution is -2.17. The Morgan fingerprint density at radius 2 is 1.96 bits per heavy atom. The van der Waals surface area contributed by atoms with E-state index in [1.807, 2.05) is 41.4 Å². The number of aromatic nitrogens is 3. The van der Waals surface area contributed by atoms with Crippen LogP contribution in [-0.2, 0) is 14.1 Å². The van der Waals surface area contributed by atoms with Crippen molar-refractivity contribution in [2.75, 3.05) is 19.9 Å². The number of nitrogens with zero attached hydrogens (tertiary/aromatic N) is 3. The molecule has 0 aliphatic carbocycles. The van der Waals surface area contributed by atoms with Crippen molar-refractivity contribution in [2.24, 2.45) is 14.1 Å². The lowest BCUT2D eigenvalue weighted by molar-refractivity contribution is 0.0960. The van der Waals surface area contributed by atoms with Crippen molar-refractivity contribution in [2.45, 2.75) is 0 Å². The van der Waals surface area contributed by atoms with E-state index in [1.165, 1.54) is 0 Å². The Labute approximate surface area is 158 Å². The van der Waals surface area contributed by atoms with Gasteiger partial charge >= 0.3 is 0 Å². The molecule has 2 aromatic heterocycles. The molecule has 0 radical (unpaired) electrons. The van der Waals surface area contributed by atoms with Crippen LogP contribution in [0.1, 0.15) is 10.4 Å². The van der Waals surface area contributed by atoms with Crippen LogP contribution in [0.15, 0.2) is 24.4 Å². The largest absolute Gasteiger partial charge is 0.494 e. The molecule has 2 heterocycles. The van der Waals surface area contributed by atoms with Crippen LogP contribution in [0.25, 0.3) is 22.6 Å². The molecular weight excluding hydrogens is 365 g/mol. The van der Waals surface area contributed by atoms with Crippen LogP contribution in [0, 0.1) is 0 Å². The minimum atomic E-state index is -0.202. The SMILES string of the molecule is CNC(=O)c1cn(C)c(-c2nc3cc(N)ccc3n2C)c1OC.Cl.Cl. The van der Waals surface area contributed by atoms with Gasteiger partial charge in [0.25, 0.3) is 5.91 Å². The second-order valence-corrected chi connectivity index (χ2v) is 5.36. The number of carbonyl (C=O) groups is 1.